The first kappa shape index (κ1) is 12.5. The largest absolute Gasteiger partial charge is 0.306 e. The second kappa shape index (κ2) is 4.97. The first-order valence-electron chi connectivity index (χ1n) is 7.45. The average Bonchev–Trinajstić information content (AvgIpc) is 3.07. The zero-order chi connectivity index (χ0) is 13.5. The molecule has 0 N–H and O–H groups in total. The van der Waals surface area contributed by atoms with Crippen LogP contribution in [-0.4, -0.2) is 39.8 Å². The molecule has 0 aliphatic carbocycles. The summed E-state index contributed by atoms with van der Waals surface area (Å²) in [4.78, 5) is 8.60. The first-order chi connectivity index (χ1) is 9.83. The number of likely N-dealkylation sites (tertiary alicyclic amines) is 1. The first-order valence-corrected chi connectivity index (χ1v) is 8.33. The molecule has 4 rings (SSSR count). The van der Waals surface area contributed by atoms with Crippen LogP contribution in [0.3, 0.4) is 0 Å². The molecular formula is C15H20N4S. The molecule has 1 atom stereocenters. The molecule has 2 aliphatic heterocycles. The quantitative estimate of drug-likeness (QED) is 0.808. The highest BCUT2D eigenvalue weighted by molar-refractivity contribution is 7.10. The molecule has 1 fully saturated rings. The fourth-order valence-corrected chi connectivity index (χ4v) is 4.79. The summed E-state index contributed by atoms with van der Waals surface area (Å²) < 4.78 is 2.13. The van der Waals surface area contributed by atoms with Crippen LogP contribution in [0, 0.1) is 5.92 Å². The van der Waals surface area contributed by atoms with Crippen LogP contribution in [0.4, 0.5) is 0 Å². The molecule has 0 spiro atoms. The van der Waals surface area contributed by atoms with Crippen LogP contribution in [0.1, 0.15) is 35.0 Å². The van der Waals surface area contributed by atoms with E-state index in [1.165, 1.54) is 37.3 Å². The molecule has 0 bridgehead atoms. The van der Waals surface area contributed by atoms with Gasteiger partial charge in [-0.05, 0) is 62.3 Å². The Morgan fingerprint density at radius 2 is 2.10 bits per heavy atom. The van der Waals surface area contributed by atoms with E-state index in [0.29, 0.717) is 11.8 Å². The van der Waals surface area contributed by atoms with Crippen LogP contribution >= 0.6 is 11.3 Å². The number of aromatic nitrogens is 3. The third-order valence-electron chi connectivity index (χ3n) is 4.81. The van der Waals surface area contributed by atoms with Crippen molar-refractivity contribution in [3.8, 4) is 0 Å². The smallest absolute Gasteiger partial charge is 0.138 e. The van der Waals surface area contributed by atoms with Gasteiger partial charge in [-0.2, -0.15) is 5.10 Å². The number of thiophene rings is 1. The van der Waals surface area contributed by atoms with Gasteiger partial charge in [-0.3, -0.25) is 0 Å². The van der Waals surface area contributed by atoms with Gasteiger partial charge < -0.3 is 4.90 Å². The fourth-order valence-electron chi connectivity index (χ4n) is 3.64. The van der Waals surface area contributed by atoms with Crippen molar-refractivity contribution in [2.45, 2.75) is 31.7 Å². The van der Waals surface area contributed by atoms with Gasteiger partial charge >= 0.3 is 0 Å². The molecule has 0 radical (unpaired) electrons. The summed E-state index contributed by atoms with van der Waals surface area (Å²) in [5.41, 5.74) is 1.52. The van der Waals surface area contributed by atoms with Crippen molar-refractivity contribution in [3.05, 3.63) is 34.0 Å². The Bertz CT molecular complexity index is 552. The van der Waals surface area contributed by atoms with Gasteiger partial charge in [0.1, 0.15) is 12.2 Å². The standard InChI is InChI=1S/C15H20N4S/c1-18-6-2-11(3-7-18)13-14-12(5-9-20-14)4-8-19-15(13)16-10-17-19/h5,9-11,13H,2-4,6-8H2,1H3. The number of nitrogens with zero attached hydrogens (tertiary/aromatic N) is 4. The number of piperidine rings is 1. The van der Waals surface area contributed by atoms with E-state index < -0.39 is 0 Å². The lowest BCUT2D eigenvalue weighted by molar-refractivity contribution is 0.205. The zero-order valence-corrected chi connectivity index (χ0v) is 12.6. The van der Waals surface area contributed by atoms with Crippen molar-refractivity contribution in [1.29, 1.82) is 0 Å². The highest BCUT2D eigenvalue weighted by atomic mass is 32.1. The van der Waals surface area contributed by atoms with Crippen molar-refractivity contribution in [2.24, 2.45) is 5.92 Å². The Labute approximate surface area is 123 Å². The van der Waals surface area contributed by atoms with Gasteiger partial charge in [-0.1, -0.05) is 0 Å². The molecule has 4 heterocycles. The monoisotopic (exact) mass is 288 g/mol. The maximum absolute atomic E-state index is 4.62. The average molecular weight is 288 g/mol. The van der Waals surface area contributed by atoms with Crippen molar-refractivity contribution >= 4 is 11.3 Å². The molecule has 1 saturated heterocycles. The van der Waals surface area contributed by atoms with E-state index in [2.05, 4.69) is 38.2 Å². The third kappa shape index (κ3) is 2.00. The van der Waals surface area contributed by atoms with Crippen LogP contribution in [0.2, 0.25) is 0 Å². The van der Waals surface area contributed by atoms with Crippen LogP contribution in [0.15, 0.2) is 17.8 Å². The van der Waals surface area contributed by atoms with E-state index >= 15 is 0 Å². The van der Waals surface area contributed by atoms with Gasteiger partial charge in [0.25, 0.3) is 0 Å². The van der Waals surface area contributed by atoms with Crippen LogP contribution in [0.5, 0.6) is 0 Å². The van der Waals surface area contributed by atoms with E-state index in [1.54, 1.807) is 11.2 Å². The van der Waals surface area contributed by atoms with Crippen LogP contribution in [0.25, 0.3) is 0 Å². The molecule has 0 amide bonds. The minimum atomic E-state index is 0.462. The summed E-state index contributed by atoms with van der Waals surface area (Å²) in [5, 5.41) is 6.69. The van der Waals surface area contributed by atoms with Crippen molar-refractivity contribution in [2.75, 3.05) is 20.1 Å². The molecule has 2 aliphatic rings. The van der Waals surface area contributed by atoms with E-state index in [1.807, 2.05) is 11.3 Å². The third-order valence-corrected chi connectivity index (χ3v) is 5.86. The predicted octanol–water partition coefficient (Wildman–Crippen LogP) is 2.37. The second-order valence-electron chi connectivity index (χ2n) is 6.02. The van der Waals surface area contributed by atoms with Crippen LogP contribution < -0.4 is 0 Å². The topological polar surface area (TPSA) is 34.0 Å². The maximum Gasteiger partial charge on any atom is 0.138 e. The second-order valence-corrected chi connectivity index (χ2v) is 6.97. The number of aryl methyl sites for hydroxylation is 2. The molecule has 106 valence electrons. The fraction of sp³-hybridized carbons (Fsp3) is 0.600. The van der Waals surface area contributed by atoms with Gasteiger partial charge in [0.2, 0.25) is 0 Å². The molecule has 5 heteroatoms. The van der Waals surface area contributed by atoms with Gasteiger partial charge in [0, 0.05) is 11.4 Å². The summed E-state index contributed by atoms with van der Waals surface area (Å²) in [6.07, 6.45) is 5.37. The number of fused-ring (bicyclic) bond motifs is 2. The number of hydrogen-bond donors (Lipinski definition) is 0. The normalized spacial score (nSPS) is 24.1. The lowest BCUT2D eigenvalue weighted by Gasteiger charge is -2.33. The molecular weight excluding hydrogens is 268 g/mol. The molecule has 2 aromatic rings. The molecule has 20 heavy (non-hydrogen) atoms. The summed E-state index contributed by atoms with van der Waals surface area (Å²) in [6, 6.07) is 2.30. The Morgan fingerprint density at radius 3 is 2.95 bits per heavy atom. The number of rotatable bonds is 1. The van der Waals surface area contributed by atoms with E-state index in [0.717, 1.165) is 13.0 Å². The van der Waals surface area contributed by atoms with Gasteiger partial charge in [-0.25, -0.2) is 9.67 Å². The minimum Gasteiger partial charge on any atom is -0.306 e. The Kier molecular flexibility index (Phi) is 3.11. The maximum atomic E-state index is 4.62. The van der Waals surface area contributed by atoms with Crippen molar-refractivity contribution in [1.82, 2.24) is 19.7 Å². The lowest BCUT2D eigenvalue weighted by Crippen LogP contribution is -2.33. The molecule has 0 aromatic carbocycles. The number of hydrogen-bond acceptors (Lipinski definition) is 4. The minimum absolute atomic E-state index is 0.462. The summed E-state index contributed by atoms with van der Waals surface area (Å²) in [6.45, 7) is 3.38. The SMILES string of the molecule is CN1CCC(C2c3sccc3CCn3ncnc32)CC1. The zero-order valence-electron chi connectivity index (χ0n) is 11.8. The Morgan fingerprint density at radius 1 is 1.25 bits per heavy atom. The summed E-state index contributed by atoms with van der Waals surface area (Å²) in [7, 11) is 2.22. The molecule has 1 unspecified atom stereocenters. The van der Waals surface area contributed by atoms with E-state index in [9.17, 15) is 0 Å². The van der Waals surface area contributed by atoms with Crippen LogP contribution in [-0.2, 0) is 13.0 Å². The van der Waals surface area contributed by atoms with Crippen molar-refractivity contribution in [3.63, 3.8) is 0 Å². The summed E-state index contributed by atoms with van der Waals surface area (Å²) in [5.74, 6) is 2.37. The van der Waals surface area contributed by atoms with Gasteiger partial charge in [0.05, 0.1) is 5.92 Å². The highest BCUT2D eigenvalue weighted by Crippen LogP contribution is 2.42. The van der Waals surface area contributed by atoms with Gasteiger partial charge in [-0.15, -0.1) is 11.3 Å². The lowest BCUT2D eigenvalue weighted by atomic mass is 9.82. The molecule has 0 saturated carbocycles. The van der Waals surface area contributed by atoms with E-state index in [-0.39, 0.29) is 0 Å². The molecule has 4 nitrogen and oxygen atoms in total. The Hall–Kier alpha value is -1.20. The van der Waals surface area contributed by atoms with E-state index in [4.69, 9.17) is 0 Å². The Balaban J connectivity index is 1.75. The highest BCUT2D eigenvalue weighted by Gasteiger charge is 2.34. The molecule has 2 aromatic heterocycles. The predicted molar refractivity (Wildman–Crippen MR) is 80.1 cm³/mol. The van der Waals surface area contributed by atoms with Gasteiger partial charge in [0.15, 0.2) is 0 Å². The summed E-state index contributed by atoms with van der Waals surface area (Å²) >= 11 is 1.91. The van der Waals surface area contributed by atoms with Crippen molar-refractivity contribution < 1.29 is 0 Å².